The molecule has 0 saturated carbocycles. The molecule has 1 fully saturated rings. The second-order valence-corrected chi connectivity index (χ2v) is 6.63. The van der Waals surface area contributed by atoms with Crippen LogP contribution in [0.2, 0.25) is 0 Å². The van der Waals surface area contributed by atoms with Crippen molar-refractivity contribution in [1.82, 2.24) is 0 Å². The average molecular weight is 352 g/mol. The lowest BCUT2D eigenvalue weighted by molar-refractivity contribution is -0.0447. The highest BCUT2D eigenvalue weighted by Crippen LogP contribution is 2.22. The maximum absolute atomic E-state index is 11.6. The van der Waals surface area contributed by atoms with E-state index in [1.165, 1.54) is 0 Å². The molecule has 2 N–H and O–H groups in total. The normalized spacial score (nSPS) is 17.7. The first-order valence-electron chi connectivity index (χ1n) is 8.02. The minimum absolute atomic E-state index is 0.119. The molecule has 1 aliphatic rings. The molecule has 1 aliphatic heterocycles. The number of carbonyl (C=O) groups excluding carboxylic acids is 2. The highest BCUT2D eigenvalue weighted by Gasteiger charge is 2.24. The molecule has 1 aromatic rings. The van der Waals surface area contributed by atoms with Gasteiger partial charge in [-0.3, -0.25) is 0 Å². The molecule has 0 radical (unpaired) electrons. The lowest BCUT2D eigenvalue weighted by Gasteiger charge is -2.34. The van der Waals surface area contributed by atoms with Gasteiger partial charge >= 0.3 is 12.2 Å². The number of primary amides is 1. The van der Waals surface area contributed by atoms with Gasteiger partial charge in [-0.15, -0.1) is 0 Å². The number of rotatable bonds is 4. The summed E-state index contributed by atoms with van der Waals surface area (Å²) in [5.74, 6) is 0.384. The molecule has 0 bridgehead atoms. The average Bonchev–Trinajstić information content (AvgIpc) is 2.52. The Morgan fingerprint density at radius 2 is 1.96 bits per heavy atom. The Balaban J connectivity index is 1.86. The number of benzene rings is 1. The van der Waals surface area contributed by atoms with Gasteiger partial charge < -0.3 is 29.6 Å². The molecule has 25 heavy (non-hydrogen) atoms. The van der Waals surface area contributed by atoms with Crippen LogP contribution in [0.5, 0.6) is 5.75 Å². The summed E-state index contributed by atoms with van der Waals surface area (Å²) in [7, 11) is 0. The zero-order chi connectivity index (χ0) is 18.4. The predicted molar refractivity (Wildman–Crippen MR) is 90.8 cm³/mol. The van der Waals surface area contributed by atoms with Gasteiger partial charge in [0.2, 0.25) is 0 Å². The lowest BCUT2D eigenvalue weighted by atomic mass is 10.2. The van der Waals surface area contributed by atoms with Gasteiger partial charge in [-0.1, -0.05) is 0 Å². The predicted octanol–water partition coefficient (Wildman–Crippen LogP) is 2.30. The smallest absolute Gasteiger partial charge is 0.431 e. The van der Waals surface area contributed by atoms with Crippen LogP contribution in [0.25, 0.3) is 0 Å². The molecule has 8 nitrogen and oxygen atoms in total. The van der Waals surface area contributed by atoms with Gasteiger partial charge in [-0.25, -0.2) is 9.59 Å². The number of nitrogens with zero attached hydrogens (tertiary/aromatic N) is 1. The molecule has 2 rings (SSSR count). The van der Waals surface area contributed by atoms with Gasteiger partial charge in [0.25, 0.3) is 0 Å². The number of carbonyl (C=O) groups is 2. The molecule has 1 heterocycles. The standard InChI is InChI=1S/C17H24N2O6/c1-17(2,3)25-16(21)23-11-14-10-19(8-9-22-14)12-4-6-13(7-5-12)24-15(18)20/h4-7,14H,8-11H2,1-3H3,(H2,18,20). The molecule has 0 aromatic heterocycles. The zero-order valence-corrected chi connectivity index (χ0v) is 14.7. The fraction of sp³-hybridized carbons (Fsp3) is 0.529. The molecule has 1 atom stereocenters. The summed E-state index contributed by atoms with van der Waals surface area (Å²) in [5, 5.41) is 0. The Morgan fingerprint density at radius 3 is 2.56 bits per heavy atom. The second-order valence-electron chi connectivity index (χ2n) is 6.63. The Labute approximate surface area is 146 Å². The molecule has 1 amide bonds. The molecular weight excluding hydrogens is 328 g/mol. The number of nitrogens with two attached hydrogens (primary N) is 1. The van der Waals surface area contributed by atoms with E-state index in [4.69, 9.17) is 24.7 Å². The van der Waals surface area contributed by atoms with Gasteiger partial charge in [0, 0.05) is 18.8 Å². The summed E-state index contributed by atoms with van der Waals surface area (Å²) in [6.45, 7) is 7.24. The van der Waals surface area contributed by atoms with Crippen molar-refractivity contribution in [2.45, 2.75) is 32.5 Å². The Bertz CT molecular complexity index is 596. The van der Waals surface area contributed by atoms with E-state index in [9.17, 15) is 9.59 Å². The van der Waals surface area contributed by atoms with Crippen molar-refractivity contribution in [3.63, 3.8) is 0 Å². The maximum atomic E-state index is 11.6. The van der Waals surface area contributed by atoms with Crippen molar-refractivity contribution in [2.75, 3.05) is 31.2 Å². The van der Waals surface area contributed by atoms with E-state index in [-0.39, 0.29) is 12.7 Å². The summed E-state index contributed by atoms with van der Waals surface area (Å²) in [6, 6.07) is 6.99. The SMILES string of the molecule is CC(C)(C)OC(=O)OCC1CN(c2ccc(OC(N)=O)cc2)CCO1. The summed E-state index contributed by atoms with van der Waals surface area (Å²) >= 11 is 0. The van der Waals surface area contributed by atoms with E-state index in [1.54, 1.807) is 32.9 Å². The third-order valence-electron chi connectivity index (χ3n) is 3.34. The number of morpholine rings is 1. The summed E-state index contributed by atoms with van der Waals surface area (Å²) < 4.78 is 20.7. The molecule has 138 valence electrons. The van der Waals surface area contributed by atoms with Crippen LogP contribution in [0.1, 0.15) is 20.8 Å². The van der Waals surface area contributed by atoms with Gasteiger partial charge in [-0.05, 0) is 45.0 Å². The molecular formula is C17H24N2O6. The van der Waals surface area contributed by atoms with E-state index >= 15 is 0 Å². The Morgan fingerprint density at radius 1 is 1.28 bits per heavy atom. The topological polar surface area (TPSA) is 100 Å². The molecule has 1 aromatic carbocycles. The van der Waals surface area contributed by atoms with Crippen molar-refractivity contribution < 1.29 is 28.5 Å². The van der Waals surface area contributed by atoms with Crippen LogP contribution >= 0.6 is 0 Å². The van der Waals surface area contributed by atoms with Crippen LogP contribution in [-0.2, 0) is 14.2 Å². The first kappa shape index (κ1) is 18.9. The zero-order valence-electron chi connectivity index (χ0n) is 14.7. The first-order chi connectivity index (χ1) is 11.7. The van der Waals surface area contributed by atoms with E-state index in [0.29, 0.717) is 25.4 Å². The highest BCUT2D eigenvalue weighted by atomic mass is 16.7. The summed E-state index contributed by atoms with van der Waals surface area (Å²) in [4.78, 5) is 24.4. The second kappa shape index (κ2) is 8.06. The maximum Gasteiger partial charge on any atom is 0.508 e. The number of anilines is 1. The highest BCUT2D eigenvalue weighted by molar-refractivity contribution is 5.68. The van der Waals surface area contributed by atoms with E-state index < -0.39 is 17.8 Å². The van der Waals surface area contributed by atoms with Gasteiger partial charge in [0.15, 0.2) is 0 Å². The van der Waals surface area contributed by atoms with Gasteiger partial charge in [-0.2, -0.15) is 0 Å². The van der Waals surface area contributed by atoms with E-state index in [1.807, 2.05) is 12.1 Å². The van der Waals surface area contributed by atoms with Crippen LogP contribution in [0.4, 0.5) is 15.3 Å². The lowest BCUT2D eigenvalue weighted by Crippen LogP contribution is -2.45. The van der Waals surface area contributed by atoms with Crippen LogP contribution < -0.4 is 15.4 Å². The van der Waals surface area contributed by atoms with Crippen LogP contribution in [0, 0.1) is 0 Å². The van der Waals surface area contributed by atoms with Crippen LogP contribution in [-0.4, -0.2) is 50.3 Å². The van der Waals surface area contributed by atoms with E-state index in [0.717, 1.165) is 5.69 Å². The Kier molecular flexibility index (Phi) is 6.08. The molecule has 0 spiro atoms. The Hall–Kier alpha value is -2.48. The van der Waals surface area contributed by atoms with Crippen molar-refractivity contribution in [1.29, 1.82) is 0 Å². The molecule has 8 heteroatoms. The number of ether oxygens (including phenoxy) is 4. The van der Waals surface area contributed by atoms with Crippen molar-refractivity contribution in [3.8, 4) is 5.75 Å². The third kappa shape index (κ3) is 6.50. The molecule has 0 aliphatic carbocycles. The quantitative estimate of drug-likeness (QED) is 0.830. The van der Waals surface area contributed by atoms with Crippen LogP contribution in [0.3, 0.4) is 0 Å². The molecule has 1 unspecified atom stereocenters. The van der Waals surface area contributed by atoms with Crippen LogP contribution in [0.15, 0.2) is 24.3 Å². The monoisotopic (exact) mass is 352 g/mol. The van der Waals surface area contributed by atoms with Gasteiger partial charge in [0.05, 0.1) is 6.61 Å². The summed E-state index contributed by atoms with van der Waals surface area (Å²) in [6.07, 6.45) is -1.80. The summed E-state index contributed by atoms with van der Waals surface area (Å²) in [5.41, 5.74) is 5.33. The fourth-order valence-electron chi connectivity index (χ4n) is 2.34. The van der Waals surface area contributed by atoms with Crippen molar-refractivity contribution in [3.05, 3.63) is 24.3 Å². The minimum atomic E-state index is -0.849. The largest absolute Gasteiger partial charge is 0.508 e. The number of hydrogen-bond donors (Lipinski definition) is 1. The third-order valence-corrected chi connectivity index (χ3v) is 3.34. The number of hydrogen-bond acceptors (Lipinski definition) is 7. The minimum Gasteiger partial charge on any atom is -0.431 e. The first-order valence-corrected chi connectivity index (χ1v) is 8.02. The molecule has 1 saturated heterocycles. The van der Waals surface area contributed by atoms with E-state index in [2.05, 4.69) is 4.90 Å². The van der Waals surface area contributed by atoms with Crippen molar-refractivity contribution >= 4 is 17.9 Å². The van der Waals surface area contributed by atoms with Gasteiger partial charge in [0.1, 0.15) is 24.1 Å². The number of amides is 1. The van der Waals surface area contributed by atoms with Crippen molar-refractivity contribution in [2.24, 2.45) is 5.73 Å². The fourth-order valence-corrected chi connectivity index (χ4v) is 2.34.